The molecular weight excluding hydrogens is 496 g/mol. The molecule has 12 heteroatoms. The van der Waals surface area contributed by atoms with Crippen molar-refractivity contribution in [2.24, 2.45) is 21.2 Å². The van der Waals surface area contributed by atoms with Gasteiger partial charge in [-0.25, -0.2) is 9.67 Å². The smallest absolute Gasteiger partial charge is 0.276 e. The predicted molar refractivity (Wildman–Crippen MR) is 150 cm³/mol. The predicted octanol–water partition coefficient (Wildman–Crippen LogP) is 3.39. The highest BCUT2D eigenvalue weighted by atomic mass is 16.2. The van der Waals surface area contributed by atoms with Crippen LogP contribution in [-0.2, 0) is 11.5 Å². The molecule has 3 aromatic rings. The average molecular weight is 529 g/mol. The summed E-state index contributed by atoms with van der Waals surface area (Å²) in [6.45, 7) is 5.68. The number of benzene rings is 2. The van der Waals surface area contributed by atoms with Crippen molar-refractivity contribution in [1.82, 2.24) is 30.5 Å². The molecule has 0 aliphatic carbocycles. The summed E-state index contributed by atoms with van der Waals surface area (Å²) >= 11 is 0. The molecule has 0 radical (unpaired) electrons. The van der Waals surface area contributed by atoms with Gasteiger partial charge in [0, 0.05) is 43.1 Å². The van der Waals surface area contributed by atoms with Crippen LogP contribution in [0.2, 0.25) is 0 Å². The third-order valence-corrected chi connectivity index (χ3v) is 6.54. The number of aromatic nitrogens is 2. The molecule has 1 aromatic heterocycles. The number of amides is 1. The zero-order chi connectivity index (χ0) is 27.5. The van der Waals surface area contributed by atoms with Crippen LogP contribution >= 0.6 is 0 Å². The Bertz CT molecular complexity index is 1550. The monoisotopic (exact) mass is 528 g/mol. The van der Waals surface area contributed by atoms with Gasteiger partial charge in [0.05, 0.1) is 17.3 Å². The Hall–Kier alpha value is -4.58. The van der Waals surface area contributed by atoms with Gasteiger partial charge in [-0.3, -0.25) is 9.59 Å². The molecule has 0 spiro atoms. The highest BCUT2D eigenvalue weighted by Crippen LogP contribution is 2.33. The van der Waals surface area contributed by atoms with Gasteiger partial charge in [0.2, 0.25) is 5.91 Å². The Balaban J connectivity index is 1.43. The Morgan fingerprint density at radius 2 is 1.82 bits per heavy atom. The van der Waals surface area contributed by atoms with Crippen LogP contribution in [-0.4, -0.2) is 56.8 Å². The van der Waals surface area contributed by atoms with E-state index < -0.39 is 0 Å². The number of aliphatic imine (C=N–C) groups is 1. The topological polar surface area (TPSA) is 137 Å². The number of carbonyl (C=O) groups is 1. The molecule has 0 saturated heterocycles. The van der Waals surface area contributed by atoms with Crippen molar-refractivity contribution in [1.29, 1.82) is 0 Å². The molecule has 39 heavy (non-hydrogen) atoms. The number of hydrogen-bond donors (Lipinski definition) is 2. The van der Waals surface area contributed by atoms with Crippen LogP contribution in [0.1, 0.15) is 38.7 Å². The summed E-state index contributed by atoms with van der Waals surface area (Å²) < 4.78 is 1.32. The number of nitrogens with zero attached hydrogens (tertiary/aromatic N) is 8. The summed E-state index contributed by atoms with van der Waals surface area (Å²) in [6.07, 6.45) is 5.68. The number of fused-ring (bicyclic) bond motifs is 2. The minimum absolute atomic E-state index is 0.0112. The van der Waals surface area contributed by atoms with Crippen LogP contribution in [0, 0.1) is 0 Å². The lowest BCUT2D eigenvalue weighted by Gasteiger charge is -2.22. The molecule has 3 heterocycles. The molecule has 12 nitrogen and oxygen atoms in total. The van der Waals surface area contributed by atoms with Crippen molar-refractivity contribution >= 4 is 34.3 Å². The van der Waals surface area contributed by atoms with Crippen LogP contribution in [0.15, 0.2) is 68.4 Å². The molecular formula is C27H32N10O2. The fourth-order valence-corrected chi connectivity index (χ4v) is 4.74. The quantitative estimate of drug-likeness (QED) is 0.457. The zero-order valence-electron chi connectivity index (χ0n) is 22.3. The number of carbonyl (C=O) groups excluding carboxylic acids is 1. The van der Waals surface area contributed by atoms with Crippen LogP contribution in [0.25, 0.3) is 28.0 Å². The van der Waals surface area contributed by atoms with Gasteiger partial charge in [0.15, 0.2) is 6.67 Å². The Kier molecular flexibility index (Phi) is 7.37. The maximum Gasteiger partial charge on any atom is 0.276 e. The summed E-state index contributed by atoms with van der Waals surface area (Å²) in [7, 11) is 1.70. The molecule has 2 aromatic carbocycles. The second kappa shape index (κ2) is 11.0. The molecule has 0 unspecified atom stereocenters. The van der Waals surface area contributed by atoms with E-state index in [-0.39, 0.29) is 18.1 Å². The largest absolute Gasteiger partial charge is 0.387 e. The van der Waals surface area contributed by atoms with E-state index in [1.807, 2.05) is 41.3 Å². The van der Waals surface area contributed by atoms with Crippen LogP contribution in [0.5, 0.6) is 0 Å². The summed E-state index contributed by atoms with van der Waals surface area (Å²) in [5.74, 6) is 0.414. The van der Waals surface area contributed by atoms with E-state index >= 15 is 0 Å². The second-order valence-corrected chi connectivity index (χ2v) is 9.61. The lowest BCUT2D eigenvalue weighted by molar-refractivity contribution is -0.127. The molecule has 0 fully saturated rings. The lowest BCUT2D eigenvalue weighted by atomic mass is 9.99. The van der Waals surface area contributed by atoms with E-state index in [0.717, 1.165) is 34.9 Å². The molecule has 202 valence electrons. The van der Waals surface area contributed by atoms with Crippen molar-refractivity contribution in [2.45, 2.75) is 39.8 Å². The number of rotatable bonds is 8. The first-order chi connectivity index (χ1) is 18.9. The zero-order valence-corrected chi connectivity index (χ0v) is 22.3. The summed E-state index contributed by atoms with van der Waals surface area (Å²) in [6, 6.07) is 11.5. The normalized spacial score (nSPS) is 14.7. The number of nitrogens with two attached hydrogens (primary N) is 1. The highest BCUT2D eigenvalue weighted by molar-refractivity contribution is 6.05. The molecule has 3 N–H and O–H groups in total. The number of amidine groups is 1. The molecule has 2 aliphatic heterocycles. The molecule has 5 rings (SSSR count). The first-order valence-corrected chi connectivity index (χ1v) is 13.0. The maximum atomic E-state index is 13.3. The summed E-state index contributed by atoms with van der Waals surface area (Å²) in [5.41, 5.74) is 12.9. The molecule has 0 saturated carbocycles. The van der Waals surface area contributed by atoms with Gasteiger partial charge in [-0.05, 0) is 58.7 Å². The van der Waals surface area contributed by atoms with E-state index in [1.165, 1.54) is 14.9 Å². The van der Waals surface area contributed by atoms with Gasteiger partial charge in [0.25, 0.3) is 5.56 Å². The van der Waals surface area contributed by atoms with Crippen LogP contribution < -0.4 is 16.8 Å². The Morgan fingerprint density at radius 3 is 2.54 bits per heavy atom. The highest BCUT2D eigenvalue weighted by Gasteiger charge is 2.21. The number of nitrogens with one attached hydrogen (secondary N) is 1. The fourth-order valence-electron chi connectivity index (χ4n) is 4.74. The van der Waals surface area contributed by atoms with Crippen molar-refractivity contribution in [3.63, 3.8) is 0 Å². The van der Waals surface area contributed by atoms with Crippen molar-refractivity contribution < 1.29 is 4.79 Å². The third kappa shape index (κ3) is 5.50. The van der Waals surface area contributed by atoms with E-state index in [2.05, 4.69) is 39.9 Å². The van der Waals surface area contributed by atoms with Crippen molar-refractivity contribution in [3.8, 4) is 11.1 Å². The second-order valence-electron chi connectivity index (χ2n) is 9.61. The van der Waals surface area contributed by atoms with E-state index in [4.69, 9.17) is 5.73 Å². The average Bonchev–Trinajstić information content (AvgIpc) is 3.25. The Labute approximate surface area is 226 Å². The maximum absolute atomic E-state index is 13.3. The van der Waals surface area contributed by atoms with Crippen molar-refractivity contribution in [2.75, 3.05) is 20.1 Å². The lowest BCUT2D eigenvalue weighted by Crippen LogP contribution is -2.40. The molecule has 2 aliphatic rings. The first-order valence-electron chi connectivity index (χ1n) is 13.0. The summed E-state index contributed by atoms with van der Waals surface area (Å²) in [5, 5.41) is 16.1. The molecule has 1 amide bonds. The first kappa shape index (κ1) is 26.0. The number of hydrazine groups is 2. The van der Waals surface area contributed by atoms with E-state index in [1.54, 1.807) is 19.3 Å². The van der Waals surface area contributed by atoms with Crippen LogP contribution in [0.4, 0.5) is 5.69 Å². The fraction of sp³-hybridized carbons (Fsp3) is 0.333. The Morgan fingerprint density at radius 1 is 1.08 bits per heavy atom. The van der Waals surface area contributed by atoms with Gasteiger partial charge in [-0.15, -0.1) is 5.53 Å². The van der Waals surface area contributed by atoms with E-state index in [0.29, 0.717) is 42.0 Å². The van der Waals surface area contributed by atoms with Gasteiger partial charge < -0.3 is 10.6 Å². The van der Waals surface area contributed by atoms with Gasteiger partial charge in [0.1, 0.15) is 5.84 Å². The third-order valence-electron chi connectivity index (χ3n) is 6.54. The van der Waals surface area contributed by atoms with Crippen LogP contribution in [0.3, 0.4) is 0 Å². The van der Waals surface area contributed by atoms with E-state index in [9.17, 15) is 9.59 Å². The van der Waals surface area contributed by atoms with Gasteiger partial charge >= 0.3 is 0 Å². The molecule has 0 bridgehead atoms. The minimum atomic E-state index is -0.229. The van der Waals surface area contributed by atoms with Gasteiger partial charge in [-0.2, -0.15) is 15.3 Å². The van der Waals surface area contributed by atoms with Gasteiger partial charge in [-0.1, -0.05) is 32.0 Å². The SMILES string of the molecule is CCCN(CCC)C(=O)C1=Cc2ccc(-c3ccc4c(=O)n(CN5N=NN(C)N5)ncc4c3)cc2N=C(N)C1. The van der Waals surface area contributed by atoms with Crippen molar-refractivity contribution in [3.05, 3.63) is 64.1 Å². The molecule has 0 atom stereocenters. The summed E-state index contributed by atoms with van der Waals surface area (Å²) in [4.78, 5) is 32.8. The minimum Gasteiger partial charge on any atom is -0.387 e. The number of hydrogen-bond acceptors (Lipinski definition) is 10. The standard InChI is InChI=1S/C27H32N10O2/c1-4-10-35(11-5-2)26(38)21-13-20-7-6-19(14-24(20)30-25(28)15-21)18-8-9-23-22(12-18)16-29-36(27(23)39)17-37-32-31-34(3)33-37/h6-9,12-14,16,33H,4-5,10-11,15,17H2,1-3H3,(H2,28,30).